The molecule has 126 valence electrons. The summed E-state index contributed by atoms with van der Waals surface area (Å²) >= 11 is 0. The van der Waals surface area contributed by atoms with Gasteiger partial charge in [-0.05, 0) is 33.3 Å². The van der Waals surface area contributed by atoms with Gasteiger partial charge in [-0.15, -0.1) is 0 Å². The smallest absolute Gasteiger partial charge is 0.418 e. The van der Waals surface area contributed by atoms with Gasteiger partial charge in [0, 0.05) is 13.0 Å². The minimum Gasteiger partial charge on any atom is -0.446 e. The predicted molar refractivity (Wildman–Crippen MR) is 76.5 cm³/mol. The Bertz CT molecular complexity index is 642. The third-order valence-corrected chi connectivity index (χ3v) is 3.40. The normalized spacial score (nSPS) is 15.4. The molecular weight excluding hydrogens is 313 g/mol. The fraction of sp³-hybridized carbons (Fsp3) is 0.533. The first-order valence-electron chi connectivity index (χ1n) is 7.21. The van der Waals surface area contributed by atoms with Crippen molar-refractivity contribution in [3.63, 3.8) is 0 Å². The lowest BCUT2D eigenvalue weighted by Crippen LogP contribution is -2.34. The molecule has 2 heterocycles. The molecule has 0 aliphatic carbocycles. The number of Topliss-reactive ketones (excluding diaryl/α,β-unsaturated/α-hetero) is 1. The number of anilines is 1. The third-order valence-electron chi connectivity index (χ3n) is 3.40. The summed E-state index contributed by atoms with van der Waals surface area (Å²) in [6.45, 7) is 4.57. The summed E-state index contributed by atoms with van der Waals surface area (Å²) in [5, 5.41) is 0. The number of halogens is 3. The quantitative estimate of drug-likeness (QED) is 0.787. The molecule has 1 aromatic rings. The number of ether oxygens (including phenoxy) is 1. The van der Waals surface area contributed by atoms with Gasteiger partial charge in [0.05, 0.1) is 23.0 Å². The lowest BCUT2D eigenvalue weighted by molar-refractivity contribution is -0.138. The highest BCUT2D eigenvalue weighted by molar-refractivity contribution is 6.04. The van der Waals surface area contributed by atoms with E-state index < -0.39 is 23.9 Å². The van der Waals surface area contributed by atoms with Crippen molar-refractivity contribution < 1.29 is 27.5 Å². The Morgan fingerprint density at radius 2 is 2.04 bits per heavy atom. The van der Waals surface area contributed by atoms with E-state index in [1.165, 1.54) is 6.92 Å². The molecule has 0 aromatic carbocycles. The summed E-state index contributed by atoms with van der Waals surface area (Å²) in [4.78, 5) is 29.1. The molecule has 1 aromatic heterocycles. The van der Waals surface area contributed by atoms with Crippen LogP contribution in [0, 0.1) is 6.92 Å². The number of aryl methyl sites for hydroxylation is 1. The maximum atomic E-state index is 13.1. The highest BCUT2D eigenvalue weighted by atomic mass is 19.4. The zero-order valence-corrected chi connectivity index (χ0v) is 13.0. The van der Waals surface area contributed by atoms with Gasteiger partial charge in [-0.25, -0.2) is 9.78 Å². The molecule has 0 fully saturated rings. The zero-order chi connectivity index (χ0) is 17.4. The maximum absolute atomic E-state index is 13.1. The van der Waals surface area contributed by atoms with Crippen LogP contribution >= 0.6 is 0 Å². The lowest BCUT2D eigenvalue weighted by atomic mass is 10.1. The molecule has 0 atom stereocenters. The van der Waals surface area contributed by atoms with Crippen molar-refractivity contribution in [2.75, 3.05) is 11.4 Å². The van der Waals surface area contributed by atoms with E-state index in [0.717, 1.165) is 11.0 Å². The van der Waals surface area contributed by atoms with Crippen LogP contribution in [-0.2, 0) is 10.9 Å². The number of hydrogen-bond donors (Lipinski definition) is 0. The second-order valence-corrected chi connectivity index (χ2v) is 5.60. The van der Waals surface area contributed by atoms with Crippen LogP contribution in [0.15, 0.2) is 6.07 Å². The van der Waals surface area contributed by atoms with Crippen LogP contribution in [0.5, 0.6) is 0 Å². The Morgan fingerprint density at radius 3 is 2.61 bits per heavy atom. The second kappa shape index (κ2) is 6.17. The topological polar surface area (TPSA) is 59.5 Å². The highest BCUT2D eigenvalue weighted by Gasteiger charge is 2.37. The summed E-state index contributed by atoms with van der Waals surface area (Å²) in [5.74, 6) is -0.378. The molecule has 1 aliphatic rings. The summed E-state index contributed by atoms with van der Waals surface area (Å²) in [6, 6.07) is 0.808. The van der Waals surface area contributed by atoms with Crippen molar-refractivity contribution in [1.82, 2.24) is 4.98 Å². The minimum atomic E-state index is -4.62. The van der Waals surface area contributed by atoms with Crippen LogP contribution in [0.2, 0.25) is 0 Å². The minimum absolute atomic E-state index is 0.104. The molecule has 1 amide bonds. The summed E-state index contributed by atoms with van der Waals surface area (Å²) in [7, 11) is 0. The van der Waals surface area contributed by atoms with Gasteiger partial charge in [-0.2, -0.15) is 13.2 Å². The van der Waals surface area contributed by atoms with Gasteiger partial charge in [-0.1, -0.05) is 0 Å². The number of rotatable bonds is 1. The Kier molecular flexibility index (Phi) is 4.63. The Labute approximate surface area is 131 Å². The van der Waals surface area contributed by atoms with E-state index in [4.69, 9.17) is 4.74 Å². The Morgan fingerprint density at radius 1 is 1.39 bits per heavy atom. The standard InChI is InChI=1S/C15H17F3N2O3/c1-8(2)23-14(22)20-6-4-5-12(21)13-11(20)7-10(9(3)19-13)15(16,17)18/h7-8H,4-6H2,1-3H3. The molecule has 5 nitrogen and oxygen atoms in total. The van der Waals surface area contributed by atoms with E-state index in [1.807, 2.05) is 0 Å². The van der Waals surface area contributed by atoms with Crippen molar-refractivity contribution in [2.24, 2.45) is 0 Å². The first-order chi connectivity index (χ1) is 10.6. The summed E-state index contributed by atoms with van der Waals surface area (Å²) < 4.78 is 44.3. The van der Waals surface area contributed by atoms with Gasteiger partial charge in [0.1, 0.15) is 5.69 Å². The van der Waals surface area contributed by atoms with E-state index in [2.05, 4.69) is 4.98 Å². The maximum Gasteiger partial charge on any atom is 0.418 e. The number of amides is 1. The number of hydrogen-bond acceptors (Lipinski definition) is 4. The number of carbonyl (C=O) groups excluding carboxylic acids is 2. The number of carbonyl (C=O) groups is 2. The van der Waals surface area contributed by atoms with E-state index in [0.29, 0.717) is 6.42 Å². The number of nitrogens with zero attached hydrogens (tertiary/aromatic N) is 2. The van der Waals surface area contributed by atoms with E-state index in [1.54, 1.807) is 13.8 Å². The molecule has 8 heteroatoms. The fourth-order valence-corrected chi connectivity index (χ4v) is 2.38. The van der Waals surface area contributed by atoms with Gasteiger partial charge < -0.3 is 4.74 Å². The van der Waals surface area contributed by atoms with E-state index in [9.17, 15) is 22.8 Å². The first kappa shape index (κ1) is 17.2. The fourth-order valence-electron chi connectivity index (χ4n) is 2.38. The van der Waals surface area contributed by atoms with Crippen molar-refractivity contribution >= 4 is 17.6 Å². The molecule has 0 radical (unpaired) electrons. The number of pyridine rings is 1. The molecule has 0 saturated heterocycles. The van der Waals surface area contributed by atoms with E-state index in [-0.39, 0.29) is 35.8 Å². The number of alkyl halides is 3. The average Bonchev–Trinajstić information content (AvgIpc) is 2.56. The molecule has 0 saturated carbocycles. The van der Waals surface area contributed by atoms with Gasteiger partial charge in [0.2, 0.25) is 0 Å². The molecule has 0 bridgehead atoms. The Hall–Kier alpha value is -2.12. The van der Waals surface area contributed by atoms with Crippen LogP contribution in [0.4, 0.5) is 23.7 Å². The van der Waals surface area contributed by atoms with Crippen molar-refractivity contribution in [1.29, 1.82) is 0 Å². The van der Waals surface area contributed by atoms with Crippen molar-refractivity contribution in [2.45, 2.75) is 45.9 Å². The molecule has 23 heavy (non-hydrogen) atoms. The predicted octanol–water partition coefficient (Wildman–Crippen LogP) is 3.74. The van der Waals surface area contributed by atoms with Crippen molar-refractivity contribution in [3.8, 4) is 0 Å². The van der Waals surface area contributed by atoms with Crippen LogP contribution in [0.1, 0.15) is 48.4 Å². The summed E-state index contributed by atoms with van der Waals surface area (Å²) in [5.41, 5.74) is -1.51. The molecule has 1 aliphatic heterocycles. The monoisotopic (exact) mass is 330 g/mol. The largest absolute Gasteiger partial charge is 0.446 e. The van der Waals surface area contributed by atoms with E-state index >= 15 is 0 Å². The lowest BCUT2D eigenvalue weighted by Gasteiger charge is -2.24. The van der Waals surface area contributed by atoms with Crippen LogP contribution in [0.3, 0.4) is 0 Å². The van der Waals surface area contributed by atoms with Crippen molar-refractivity contribution in [3.05, 3.63) is 23.0 Å². The molecule has 0 unspecified atom stereocenters. The van der Waals surface area contributed by atoms with Crippen LogP contribution in [-0.4, -0.2) is 29.5 Å². The molecule has 2 rings (SSSR count). The highest BCUT2D eigenvalue weighted by Crippen LogP contribution is 2.36. The number of fused-ring (bicyclic) bond motifs is 1. The molecular formula is C15H17F3N2O3. The van der Waals surface area contributed by atoms with Gasteiger partial charge in [0.25, 0.3) is 0 Å². The van der Waals surface area contributed by atoms with Gasteiger partial charge in [-0.3, -0.25) is 9.69 Å². The average molecular weight is 330 g/mol. The second-order valence-electron chi connectivity index (χ2n) is 5.60. The summed E-state index contributed by atoms with van der Waals surface area (Å²) in [6.07, 6.45) is -5.37. The zero-order valence-electron chi connectivity index (χ0n) is 13.0. The SMILES string of the molecule is Cc1nc2c(cc1C(F)(F)F)N(C(=O)OC(C)C)CCCC2=O. The molecule has 0 N–H and O–H groups in total. The van der Waals surface area contributed by atoms with Gasteiger partial charge in [0.15, 0.2) is 5.78 Å². The van der Waals surface area contributed by atoms with Crippen LogP contribution in [0.25, 0.3) is 0 Å². The van der Waals surface area contributed by atoms with Crippen LogP contribution < -0.4 is 4.90 Å². The number of aromatic nitrogens is 1. The third kappa shape index (κ3) is 3.62. The number of ketones is 1. The Balaban J connectivity index is 2.57. The first-order valence-corrected chi connectivity index (χ1v) is 7.21. The van der Waals surface area contributed by atoms with Gasteiger partial charge >= 0.3 is 12.3 Å². The molecule has 0 spiro atoms.